The molecular formula is C28H27Cl2N3O3. The first-order valence-corrected chi connectivity index (χ1v) is 12.7. The first-order valence-electron chi connectivity index (χ1n) is 11.9. The summed E-state index contributed by atoms with van der Waals surface area (Å²) < 4.78 is 11.6. The molecule has 1 aliphatic rings. The van der Waals surface area contributed by atoms with E-state index in [0.717, 1.165) is 40.9 Å². The Kier molecular flexibility index (Phi) is 7.37. The summed E-state index contributed by atoms with van der Waals surface area (Å²) in [6, 6.07) is 20.2. The summed E-state index contributed by atoms with van der Waals surface area (Å²) >= 11 is 12.3. The van der Waals surface area contributed by atoms with Crippen LogP contribution in [0.1, 0.15) is 29.3 Å². The van der Waals surface area contributed by atoms with Gasteiger partial charge in [-0.05, 0) is 92.2 Å². The maximum absolute atomic E-state index is 13.4. The smallest absolute Gasteiger partial charge is 0.416 e. The highest BCUT2D eigenvalue weighted by Crippen LogP contribution is 2.40. The minimum Gasteiger partial charge on any atom is -0.494 e. The van der Waals surface area contributed by atoms with E-state index in [4.69, 9.17) is 32.7 Å². The predicted octanol–water partition coefficient (Wildman–Crippen LogP) is 6.61. The minimum atomic E-state index is -0.419. The Balaban J connectivity index is 1.47. The monoisotopic (exact) mass is 523 g/mol. The van der Waals surface area contributed by atoms with Gasteiger partial charge in [-0.25, -0.2) is 4.79 Å². The molecule has 1 unspecified atom stereocenters. The molecule has 3 aromatic carbocycles. The standard InChI is InChI=1S/C28H27Cl2N3O3/c1-31-14-2-16-35-21-8-3-18(4-9-21)27-26-23(24-17-20(30)7-12-25(24)32-26)13-15-33(27)28(34)36-22-10-5-19(29)6-11-22/h3-12,17,27,31-32H,2,13-16H2,1H3. The quantitative estimate of drug-likeness (QED) is 0.267. The molecule has 0 spiro atoms. The third-order valence-corrected chi connectivity index (χ3v) is 6.87. The van der Waals surface area contributed by atoms with Gasteiger partial charge in [-0.15, -0.1) is 0 Å². The van der Waals surface area contributed by atoms with Gasteiger partial charge in [-0.1, -0.05) is 35.3 Å². The molecule has 4 aromatic rings. The van der Waals surface area contributed by atoms with Crippen molar-refractivity contribution in [3.8, 4) is 11.5 Å². The van der Waals surface area contributed by atoms with Gasteiger partial charge in [0, 0.05) is 33.2 Å². The van der Waals surface area contributed by atoms with Gasteiger partial charge >= 0.3 is 6.09 Å². The maximum Gasteiger partial charge on any atom is 0.416 e. The number of aromatic amines is 1. The molecule has 2 heterocycles. The van der Waals surface area contributed by atoms with Gasteiger partial charge in [-0.2, -0.15) is 0 Å². The summed E-state index contributed by atoms with van der Waals surface area (Å²) in [6.45, 7) is 2.04. The van der Waals surface area contributed by atoms with Crippen LogP contribution in [0.5, 0.6) is 11.5 Å². The van der Waals surface area contributed by atoms with Crippen molar-refractivity contribution >= 4 is 40.2 Å². The molecule has 0 fully saturated rings. The van der Waals surface area contributed by atoms with E-state index < -0.39 is 6.09 Å². The number of nitrogens with one attached hydrogen (secondary N) is 2. The number of hydrogen-bond donors (Lipinski definition) is 2. The molecule has 0 saturated carbocycles. The number of carbonyl (C=O) groups is 1. The van der Waals surface area contributed by atoms with Crippen LogP contribution < -0.4 is 14.8 Å². The third-order valence-electron chi connectivity index (χ3n) is 6.38. The van der Waals surface area contributed by atoms with Crippen molar-refractivity contribution in [1.82, 2.24) is 15.2 Å². The average molecular weight is 524 g/mol. The van der Waals surface area contributed by atoms with Gasteiger partial charge in [0.1, 0.15) is 17.5 Å². The molecule has 36 heavy (non-hydrogen) atoms. The molecule has 1 aliphatic heterocycles. The van der Waals surface area contributed by atoms with Crippen molar-refractivity contribution in [3.63, 3.8) is 0 Å². The van der Waals surface area contributed by atoms with Gasteiger partial charge in [-0.3, -0.25) is 4.90 Å². The summed E-state index contributed by atoms with van der Waals surface area (Å²) in [7, 11) is 1.93. The molecule has 6 nitrogen and oxygen atoms in total. The van der Waals surface area contributed by atoms with Crippen molar-refractivity contribution in [2.24, 2.45) is 0 Å². The van der Waals surface area contributed by atoms with Crippen LogP contribution in [0, 0.1) is 0 Å². The van der Waals surface area contributed by atoms with E-state index in [0.29, 0.717) is 35.4 Å². The zero-order chi connectivity index (χ0) is 25.1. The Labute approximate surface area is 220 Å². The second-order valence-electron chi connectivity index (χ2n) is 8.75. The van der Waals surface area contributed by atoms with Crippen LogP contribution in [0.15, 0.2) is 66.7 Å². The number of carbonyl (C=O) groups excluding carboxylic acids is 1. The largest absolute Gasteiger partial charge is 0.494 e. The summed E-state index contributed by atoms with van der Waals surface area (Å²) in [4.78, 5) is 18.7. The molecule has 0 bridgehead atoms. The van der Waals surface area contributed by atoms with Crippen molar-refractivity contribution in [2.75, 3.05) is 26.7 Å². The number of aromatic nitrogens is 1. The van der Waals surface area contributed by atoms with Gasteiger partial charge in [0.05, 0.1) is 6.61 Å². The van der Waals surface area contributed by atoms with Crippen LogP contribution in [0.3, 0.4) is 0 Å². The lowest BCUT2D eigenvalue weighted by Crippen LogP contribution is -2.42. The molecule has 0 aliphatic carbocycles. The molecule has 8 heteroatoms. The first kappa shape index (κ1) is 24.5. The summed E-state index contributed by atoms with van der Waals surface area (Å²) in [5.74, 6) is 1.24. The van der Waals surface area contributed by atoms with Gasteiger partial charge in [0.15, 0.2) is 0 Å². The average Bonchev–Trinajstić information content (AvgIpc) is 3.25. The third kappa shape index (κ3) is 5.16. The Hall–Kier alpha value is -3.19. The molecule has 5 rings (SSSR count). The molecule has 0 saturated heterocycles. The van der Waals surface area contributed by atoms with Crippen LogP contribution in [-0.2, 0) is 6.42 Å². The van der Waals surface area contributed by atoms with E-state index >= 15 is 0 Å². The van der Waals surface area contributed by atoms with Gasteiger partial charge in [0.25, 0.3) is 0 Å². The lowest BCUT2D eigenvalue weighted by Gasteiger charge is -2.35. The lowest BCUT2D eigenvalue weighted by molar-refractivity contribution is 0.135. The summed E-state index contributed by atoms with van der Waals surface area (Å²) in [5.41, 5.74) is 4.09. The molecule has 186 valence electrons. The summed E-state index contributed by atoms with van der Waals surface area (Å²) in [5, 5.41) is 5.47. The number of hydrogen-bond acceptors (Lipinski definition) is 4. The van der Waals surface area contributed by atoms with E-state index in [-0.39, 0.29) is 6.04 Å². The molecule has 0 radical (unpaired) electrons. The zero-order valence-electron chi connectivity index (χ0n) is 19.9. The Morgan fingerprint density at radius 1 is 1.03 bits per heavy atom. The number of halogens is 2. The Morgan fingerprint density at radius 3 is 2.50 bits per heavy atom. The second kappa shape index (κ2) is 10.8. The molecule has 1 amide bonds. The second-order valence-corrected chi connectivity index (χ2v) is 9.62. The predicted molar refractivity (Wildman–Crippen MR) is 144 cm³/mol. The van der Waals surface area contributed by atoms with Gasteiger partial charge < -0.3 is 19.8 Å². The number of ether oxygens (including phenoxy) is 2. The van der Waals surface area contributed by atoms with Crippen LogP contribution in [0.4, 0.5) is 4.79 Å². The van der Waals surface area contributed by atoms with E-state index in [2.05, 4.69) is 10.3 Å². The number of fused-ring (bicyclic) bond motifs is 3. The highest BCUT2D eigenvalue weighted by molar-refractivity contribution is 6.31. The van der Waals surface area contributed by atoms with Crippen LogP contribution in [0.25, 0.3) is 10.9 Å². The zero-order valence-corrected chi connectivity index (χ0v) is 21.4. The van der Waals surface area contributed by atoms with Crippen LogP contribution in [0.2, 0.25) is 10.0 Å². The van der Waals surface area contributed by atoms with E-state index in [9.17, 15) is 4.79 Å². The molecule has 1 atom stereocenters. The highest BCUT2D eigenvalue weighted by Gasteiger charge is 2.35. The molecule has 1 aromatic heterocycles. The minimum absolute atomic E-state index is 0.349. The van der Waals surface area contributed by atoms with Gasteiger partial charge in [0.2, 0.25) is 0 Å². The van der Waals surface area contributed by atoms with Crippen molar-refractivity contribution in [1.29, 1.82) is 0 Å². The fourth-order valence-electron chi connectivity index (χ4n) is 4.65. The topological polar surface area (TPSA) is 66.6 Å². The van der Waals surface area contributed by atoms with Crippen molar-refractivity contribution in [3.05, 3.63) is 93.6 Å². The maximum atomic E-state index is 13.4. The number of amides is 1. The number of H-pyrrole nitrogens is 1. The number of rotatable bonds is 7. The SMILES string of the molecule is CNCCCOc1ccc(C2c3[nH]c4ccc(Cl)cc4c3CCN2C(=O)Oc2ccc(Cl)cc2)cc1. The molecule has 2 N–H and O–H groups in total. The van der Waals surface area contributed by atoms with Crippen LogP contribution in [-0.4, -0.2) is 42.7 Å². The highest BCUT2D eigenvalue weighted by atomic mass is 35.5. The van der Waals surface area contributed by atoms with E-state index in [1.165, 1.54) is 5.56 Å². The normalized spacial score (nSPS) is 15.1. The van der Waals surface area contributed by atoms with Crippen molar-refractivity contribution < 1.29 is 14.3 Å². The fraction of sp³-hybridized carbons (Fsp3) is 0.250. The lowest BCUT2D eigenvalue weighted by atomic mass is 9.92. The summed E-state index contributed by atoms with van der Waals surface area (Å²) in [6.07, 6.45) is 1.19. The Morgan fingerprint density at radius 2 is 1.75 bits per heavy atom. The first-order chi connectivity index (χ1) is 17.5. The van der Waals surface area contributed by atoms with E-state index in [1.807, 2.05) is 49.5 Å². The number of nitrogens with zero attached hydrogens (tertiary/aromatic N) is 1. The fourth-order valence-corrected chi connectivity index (χ4v) is 4.95. The van der Waals surface area contributed by atoms with Crippen molar-refractivity contribution in [2.45, 2.75) is 18.9 Å². The Bertz CT molecular complexity index is 1350. The van der Waals surface area contributed by atoms with E-state index in [1.54, 1.807) is 29.2 Å². The van der Waals surface area contributed by atoms with Crippen LogP contribution >= 0.6 is 23.2 Å². The number of benzene rings is 3. The molecular weight excluding hydrogens is 497 g/mol.